The molecular weight excluding hydrogens is 507 g/mol. The van der Waals surface area contributed by atoms with Gasteiger partial charge in [0.25, 0.3) is 5.91 Å². The van der Waals surface area contributed by atoms with Crippen molar-refractivity contribution in [2.75, 3.05) is 6.61 Å². The van der Waals surface area contributed by atoms with E-state index in [9.17, 15) is 9.59 Å². The summed E-state index contributed by atoms with van der Waals surface area (Å²) in [6.45, 7) is 7.89. The molecule has 0 bridgehead atoms. The molecule has 196 valence electrons. The smallest absolute Gasteiger partial charge is 0.261 e. The summed E-state index contributed by atoms with van der Waals surface area (Å²) in [4.78, 5) is 28.9. The van der Waals surface area contributed by atoms with Crippen LogP contribution >= 0.6 is 23.2 Å². The first-order valence-electron chi connectivity index (χ1n) is 12.5. The van der Waals surface area contributed by atoms with Gasteiger partial charge in [-0.25, -0.2) is 0 Å². The van der Waals surface area contributed by atoms with Crippen LogP contribution in [0.3, 0.4) is 0 Å². The molecule has 0 spiro atoms. The average Bonchev–Trinajstić information content (AvgIpc) is 2.89. The van der Waals surface area contributed by atoms with E-state index in [2.05, 4.69) is 5.32 Å². The molecule has 1 N–H and O–H groups in total. The number of carbonyl (C=O) groups excluding carboxylic acids is 2. The maximum Gasteiger partial charge on any atom is 0.261 e. The third-order valence-corrected chi connectivity index (χ3v) is 7.25. The lowest BCUT2D eigenvalue weighted by Crippen LogP contribution is -2.53. The summed E-state index contributed by atoms with van der Waals surface area (Å²) in [6.07, 6.45) is 1.14. The standard InChI is InChI=1S/C30H34Cl2N2O3/c1-5-21(3)33-30(36)27(17-23-11-7-6-8-12-23)34(18-24-14-15-25(31)26(32)16-24)29(35)19-37-28-13-9-10-20(2)22(28)4/h6-16,21,27H,5,17-19H2,1-4H3,(H,33,36)/t21-,27+/m1/s1. The molecule has 0 radical (unpaired) electrons. The first-order chi connectivity index (χ1) is 17.7. The number of nitrogens with one attached hydrogen (secondary N) is 1. The molecule has 5 nitrogen and oxygen atoms in total. The summed E-state index contributed by atoms with van der Waals surface area (Å²) in [5, 5.41) is 3.88. The van der Waals surface area contributed by atoms with E-state index in [1.807, 2.05) is 82.3 Å². The molecule has 0 aliphatic rings. The van der Waals surface area contributed by atoms with Gasteiger partial charge in [-0.1, -0.05) is 78.7 Å². The van der Waals surface area contributed by atoms with Crippen molar-refractivity contribution in [3.63, 3.8) is 0 Å². The minimum atomic E-state index is -0.749. The Hall–Kier alpha value is -3.02. The van der Waals surface area contributed by atoms with E-state index >= 15 is 0 Å². The van der Waals surface area contributed by atoms with Crippen LogP contribution in [0, 0.1) is 13.8 Å². The Balaban J connectivity index is 1.95. The van der Waals surface area contributed by atoms with Crippen LogP contribution < -0.4 is 10.1 Å². The number of rotatable bonds is 11. The van der Waals surface area contributed by atoms with Crippen molar-refractivity contribution < 1.29 is 14.3 Å². The van der Waals surface area contributed by atoms with Crippen LogP contribution in [0.25, 0.3) is 0 Å². The normalized spacial score (nSPS) is 12.5. The average molecular weight is 542 g/mol. The fourth-order valence-corrected chi connectivity index (χ4v) is 4.25. The molecule has 0 unspecified atom stereocenters. The molecule has 0 aliphatic heterocycles. The highest BCUT2D eigenvalue weighted by atomic mass is 35.5. The van der Waals surface area contributed by atoms with Gasteiger partial charge < -0.3 is 15.0 Å². The third kappa shape index (κ3) is 7.98. The Labute approximate surface area is 229 Å². The summed E-state index contributed by atoms with van der Waals surface area (Å²) in [6, 6.07) is 19.9. The van der Waals surface area contributed by atoms with Crippen LogP contribution in [-0.4, -0.2) is 35.4 Å². The fraction of sp³-hybridized carbons (Fsp3) is 0.333. The van der Waals surface area contributed by atoms with E-state index in [1.165, 1.54) is 0 Å². The summed E-state index contributed by atoms with van der Waals surface area (Å²) < 4.78 is 5.95. The van der Waals surface area contributed by atoms with Crippen molar-refractivity contribution in [1.29, 1.82) is 0 Å². The zero-order valence-corrected chi connectivity index (χ0v) is 23.3. The van der Waals surface area contributed by atoms with Gasteiger partial charge >= 0.3 is 0 Å². The van der Waals surface area contributed by atoms with Gasteiger partial charge in [0.05, 0.1) is 10.0 Å². The Kier molecular flexibility index (Phi) is 10.4. The first kappa shape index (κ1) is 28.5. The monoisotopic (exact) mass is 540 g/mol. The number of benzene rings is 3. The maximum absolute atomic E-state index is 13.7. The number of hydrogen-bond acceptors (Lipinski definition) is 3. The fourth-order valence-electron chi connectivity index (χ4n) is 3.93. The highest BCUT2D eigenvalue weighted by Gasteiger charge is 2.31. The zero-order chi connectivity index (χ0) is 26.9. The molecule has 0 heterocycles. The van der Waals surface area contributed by atoms with E-state index in [-0.39, 0.29) is 31.0 Å². The SMILES string of the molecule is CC[C@@H](C)NC(=O)[C@H](Cc1ccccc1)N(Cc1ccc(Cl)c(Cl)c1)C(=O)COc1cccc(C)c1C. The molecule has 0 saturated carbocycles. The van der Waals surface area contributed by atoms with E-state index in [0.717, 1.165) is 28.7 Å². The zero-order valence-electron chi connectivity index (χ0n) is 21.8. The van der Waals surface area contributed by atoms with Crippen molar-refractivity contribution in [2.45, 2.75) is 59.2 Å². The van der Waals surface area contributed by atoms with Gasteiger partial charge in [0, 0.05) is 19.0 Å². The predicted octanol–water partition coefficient (Wildman–Crippen LogP) is 6.54. The van der Waals surface area contributed by atoms with Crippen LogP contribution in [0.15, 0.2) is 66.7 Å². The molecule has 0 saturated heterocycles. The van der Waals surface area contributed by atoms with Crippen molar-refractivity contribution >= 4 is 35.0 Å². The summed E-state index contributed by atoms with van der Waals surface area (Å²) >= 11 is 12.4. The summed E-state index contributed by atoms with van der Waals surface area (Å²) in [7, 11) is 0. The molecule has 7 heteroatoms. The lowest BCUT2D eigenvalue weighted by Gasteiger charge is -2.32. The summed E-state index contributed by atoms with van der Waals surface area (Å²) in [5.74, 6) is 0.136. The highest BCUT2D eigenvalue weighted by molar-refractivity contribution is 6.42. The lowest BCUT2D eigenvalue weighted by atomic mass is 10.0. The Morgan fingerprint density at radius 1 is 0.946 bits per heavy atom. The van der Waals surface area contributed by atoms with Gasteiger partial charge in [0.2, 0.25) is 5.91 Å². The topological polar surface area (TPSA) is 58.6 Å². The Bertz CT molecular complexity index is 1220. The van der Waals surface area contributed by atoms with Crippen molar-refractivity contribution in [2.24, 2.45) is 0 Å². The minimum absolute atomic E-state index is 0.0288. The minimum Gasteiger partial charge on any atom is -0.483 e. The quantitative estimate of drug-likeness (QED) is 0.300. The van der Waals surface area contributed by atoms with Gasteiger partial charge in [0.1, 0.15) is 11.8 Å². The second-order valence-electron chi connectivity index (χ2n) is 9.28. The number of ether oxygens (including phenoxy) is 1. The van der Waals surface area contributed by atoms with Crippen molar-refractivity contribution in [3.8, 4) is 5.75 Å². The molecule has 3 rings (SSSR count). The largest absolute Gasteiger partial charge is 0.483 e. The molecule has 3 aromatic carbocycles. The van der Waals surface area contributed by atoms with Crippen LogP contribution in [0.4, 0.5) is 0 Å². The van der Waals surface area contributed by atoms with E-state index in [4.69, 9.17) is 27.9 Å². The predicted molar refractivity (Wildman–Crippen MR) is 150 cm³/mol. The lowest BCUT2D eigenvalue weighted by molar-refractivity contribution is -0.143. The molecule has 0 fully saturated rings. The molecule has 0 aromatic heterocycles. The maximum atomic E-state index is 13.7. The molecule has 3 aromatic rings. The van der Waals surface area contributed by atoms with Gasteiger partial charge in [0.15, 0.2) is 6.61 Å². The van der Waals surface area contributed by atoms with E-state index in [0.29, 0.717) is 22.2 Å². The van der Waals surface area contributed by atoms with Gasteiger partial charge in [-0.15, -0.1) is 0 Å². The molecule has 2 atom stereocenters. The number of carbonyl (C=O) groups is 2. The van der Waals surface area contributed by atoms with Crippen molar-refractivity contribution in [3.05, 3.63) is 99.0 Å². The van der Waals surface area contributed by atoms with E-state index in [1.54, 1.807) is 17.0 Å². The molecule has 0 aliphatic carbocycles. The second-order valence-corrected chi connectivity index (χ2v) is 10.1. The van der Waals surface area contributed by atoms with Gasteiger partial charge in [-0.2, -0.15) is 0 Å². The first-order valence-corrected chi connectivity index (χ1v) is 13.2. The Morgan fingerprint density at radius 2 is 1.68 bits per heavy atom. The molecule has 37 heavy (non-hydrogen) atoms. The van der Waals surface area contributed by atoms with Crippen molar-refractivity contribution in [1.82, 2.24) is 10.2 Å². The van der Waals surface area contributed by atoms with E-state index < -0.39 is 6.04 Å². The third-order valence-electron chi connectivity index (χ3n) is 6.52. The highest BCUT2D eigenvalue weighted by Crippen LogP contribution is 2.25. The second kappa shape index (κ2) is 13.5. The van der Waals surface area contributed by atoms with Gasteiger partial charge in [-0.3, -0.25) is 9.59 Å². The number of aryl methyl sites for hydroxylation is 1. The van der Waals surface area contributed by atoms with Crippen LogP contribution in [-0.2, 0) is 22.6 Å². The number of halogens is 2. The Morgan fingerprint density at radius 3 is 2.35 bits per heavy atom. The summed E-state index contributed by atoms with van der Waals surface area (Å²) in [5.41, 5.74) is 3.77. The molecule has 2 amide bonds. The number of amides is 2. The number of hydrogen-bond donors (Lipinski definition) is 1. The molecular formula is C30H34Cl2N2O3. The van der Waals surface area contributed by atoms with Crippen LogP contribution in [0.1, 0.15) is 42.5 Å². The number of nitrogens with zero attached hydrogens (tertiary/aromatic N) is 1. The van der Waals surface area contributed by atoms with Crippen LogP contribution in [0.5, 0.6) is 5.75 Å². The van der Waals surface area contributed by atoms with Crippen LogP contribution in [0.2, 0.25) is 10.0 Å². The van der Waals surface area contributed by atoms with Gasteiger partial charge in [-0.05, 0) is 67.6 Å².